The van der Waals surface area contributed by atoms with E-state index in [1.54, 1.807) is 0 Å². The number of nitrogens with one attached hydrogen (secondary N) is 2. The number of halogens is 1. The standard InChI is InChI=1S/C21H42N4O3.HI/c1-8-21(9-2,24-19(26)28-20(5,6)7)16-23-18(22-10-3)25-14-12-17(13-15-25)27-11-4;/h17H,8-16H2,1-7H3,(H,22,23)(H,24,26);1H. The van der Waals surface area contributed by atoms with Gasteiger partial charge in [0, 0.05) is 26.2 Å². The molecule has 8 heteroatoms. The van der Waals surface area contributed by atoms with Crippen LogP contribution < -0.4 is 10.6 Å². The Labute approximate surface area is 194 Å². The Kier molecular flexibility index (Phi) is 13.2. The highest BCUT2D eigenvalue weighted by Gasteiger charge is 2.31. The van der Waals surface area contributed by atoms with Gasteiger partial charge in [-0.25, -0.2) is 4.79 Å². The van der Waals surface area contributed by atoms with Gasteiger partial charge in [0.1, 0.15) is 5.60 Å². The van der Waals surface area contributed by atoms with Crippen molar-refractivity contribution in [3.8, 4) is 0 Å². The van der Waals surface area contributed by atoms with Gasteiger partial charge in [-0.1, -0.05) is 13.8 Å². The highest BCUT2D eigenvalue weighted by Crippen LogP contribution is 2.19. The third-order valence-corrected chi connectivity index (χ3v) is 5.13. The molecule has 172 valence electrons. The van der Waals surface area contributed by atoms with Crippen LogP contribution in [0.25, 0.3) is 0 Å². The molecule has 0 radical (unpaired) electrons. The van der Waals surface area contributed by atoms with Crippen LogP contribution in [0.2, 0.25) is 0 Å². The minimum absolute atomic E-state index is 0. The summed E-state index contributed by atoms with van der Waals surface area (Å²) in [5, 5.41) is 6.48. The third kappa shape index (κ3) is 10.2. The summed E-state index contributed by atoms with van der Waals surface area (Å²) in [6, 6.07) is 0. The van der Waals surface area contributed by atoms with Crippen molar-refractivity contribution in [3.05, 3.63) is 0 Å². The van der Waals surface area contributed by atoms with Gasteiger partial charge in [-0.05, 0) is 60.3 Å². The molecule has 1 heterocycles. The van der Waals surface area contributed by atoms with Crippen LogP contribution in [0, 0.1) is 0 Å². The lowest BCUT2D eigenvalue weighted by atomic mass is 9.93. The van der Waals surface area contributed by atoms with E-state index in [1.807, 2.05) is 27.7 Å². The van der Waals surface area contributed by atoms with Crippen LogP contribution in [-0.4, -0.2) is 67.0 Å². The van der Waals surface area contributed by atoms with Crippen LogP contribution in [0.4, 0.5) is 4.79 Å². The average Bonchev–Trinajstić information content (AvgIpc) is 2.63. The lowest BCUT2D eigenvalue weighted by Crippen LogP contribution is -2.53. The molecule has 0 spiro atoms. The second kappa shape index (κ2) is 13.5. The fourth-order valence-electron chi connectivity index (χ4n) is 3.33. The maximum Gasteiger partial charge on any atom is 0.408 e. The normalized spacial score (nSPS) is 16.2. The third-order valence-electron chi connectivity index (χ3n) is 5.13. The van der Waals surface area contributed by atoms with E-state index in [0.717, 1.165) is 57.9 Å². The fraction of sp³-hybridized carbons (Fsp3) is 0.905. The molecule has 0 aromatic carbocycles. The Morgan fingerprint density at radius 3 is 2.14 bits per heavy atom. The summed E-state index contributed by atoms with van der Waals surface area (Å²) in [7, 11) is 0. The Morgan fingerprint density at radius 2 is 1.69 bits per heavy atom. The van der Waals surface area contributed by atoms with Crippen LogP contribution in [0.1, 0.15) is 74.1 Å². The lowest BCUT2D eigenvalue weighted by molar-refractivity contribution is 0.0262. The van der Waals surface area contributed by atoms with Gasteiger partial charge in [-0.2, -0.15) is 0 Å². The van der Waals surface area contributed by atoms with Crippen LogP contribution >= 0.6 is 24.0 Å². The Balaban J connectivity index is 0.00000784. The first-order valence-corrected chi connectivity index (χ1v) is 10.8. The number of amides is 1. The molecule has 0 atom stereocenters. The molecule has 0 aromatic rings. The number of alkyl carbamates (subject to hydrolysis) is 1. The van der Waals surface area contributed by atoms with E-state index in [1.165, 1.54) is 0 Å². The van der Waals surface area contributed by atoms with Gasteiger partial charge in [-0.15, -0.1) is 24.0 Å². The van der Waals surface area contributed by atoms with Crippen LogP contribution in [-0.2, 0) is 9.47 Å². The van der Waals surface area contributed by atoms with E-state index >= 15 is 0 Å². The molecule has 1 aliphatic heterocycles. The molecule has 0 aromatic heterocycles. The summed E-state index contributed by atoms with van der Waals surface area (Å²) in [4.78, 5) is 19.5. The molecule has 2 N–H and O–H groups in total. The maximum absolute atomic E-state index is 12.3. The maximum atomic E-state index is 12.3. The highest BCUT2D eigenvalue weighted by molar-refractivity contribution is 14.0. The van der Waals surface area contributed by atoms with Gasteiger partial charge < -0.3 is 25.0 Å². The number of aliphatic imine (C=N–C) groups is 1. The fourth-order valence-corrected chi connectivity index (χ4v) is 3.33. The second-order valence-electron chi connectivity index (χ2n) is 8.43. The van der Waals surface area contributed by atoms with E-state index in [2.05, 4.69) is 36.3 Å². The number of hydrogen-bond donors (Lipinski definition) is 2. The van der Waals surface area contributed by atoms with Crippen molar-refractivity contribution in [2.75, 3.05) is 32.8 Å². The first kappa shape index (κ1) is 28.2. The van der Waals surface area contributed by atoms with Gasteiger partial charge >= 0.3 is 6.09 Å². The predicted octanol–water partition coefficient (Wildman–Crippen LogP) is 4.15. The molecule has 0 bridgehead atoms. The highest BCUT2D eigenvalue weighted by atomic mass is 127. The number of piperidine rings is 1. The number of carbonyl (C=O) groups is 1. The van der Waals surface area contributed by atoms with Gasteiger partial charge in [0.25, 0.3) is 0 Å². The van der Waals surface area contributed by atoms with Gasteiger partial charge in [0.15, 0.2) is 5.96 Å². The summed E-state index contributed by atoms with van der Waals surface area (Å²) in [6.07, 6.45) is 3.58. The molecule has 1 saturated heterocycles. The van der Waals surface area contributed by atoms with Gasteiger partial charge in [-0.3, -0.25) is 4.99 Å². The van der Waals surface area contributed by atoms with E-state index in [9.17, 15) is 4.79 Å². The summed E-state index contributed by atoms with van der Waals surface area (Å²) in [5.41, 5.74) is -0.924. The zero-order chi connectivity index (χ0) is 21.2. The molecular weight excluding hydrogens is 483 g/mol. The summed E-state index contributed by atoms with van der Waals surface area (Å²) >= 11 is 0. The number of rotatable bonds is 8. The first-order valence-electron chi connectivity index (χ1n) is 10.8. The van der Waals surface area contributed by atoms with Crippen LogP contribution in [0.5, 0.6) is 0 Å². The van der Waals surface area contributed by atoms with E-state index < -0.39 is 11.1 Å². The van der Waals surface area contributed by atoms with Crippen molar-refractivity contribution in [1.29, 1.82) is 0 Å². The van der Waals surface area contributed by atoms with E-state index in [-0.39, 0.29) is 30.1 Å². The van der Waals surface area contributed by atoms with Crippen molar-refractivity contribution >= 4 is 36.0 Å². The second-order valence-corrected chi connectivity index (χ2v) is 8.43. The van der Waals surface area contributed by atoms with Crippen LogP contribution in [0.3, 0.4) is 0 Å². The molecule has 0 aliphatic carbocycles. The van der Waals surface area contributed by atoms with E-state index in [0.29, 0.717) is 12.6 Å². The number of likely N-dealkylation sites (tertiary alicyclic amines) is 1. The zero-order valence-corrected chi connectivity index (χ0v) is 21.8. The topological polar surface area (TPSA) is 75.2 Å². The van der Waals surface area contributed by atoms with Crippen molar-refractivity contribution in [2.45, 2.75) is 91.4 Å². The summed E-state index contributed by atoms with van der Waals surface area (Å²) in [5.74, 6) is 0.912. The molecule has 0 unspecified atom stereocenters. The minimum atomic E-state index is -0.513. The lowest BCUT2D eigenvalue weighted by Gasteiger charge is -2.36. The van der Waals surface area contributed by atoms with Crippen molar-refractivity contribution < 1.29 is 14.3 Å². The molecule has 29 heavy (non-hydrogen) atoms. The number of ether oxygens (including phenoxy) is 2. The van der Waals surface area contributed by atoms with Gasteiger partial charge in [0.05, 0.1) is 18.2 Å². The largest absolute Gasteiger partial charge is 0.444 e. The molecule has 0 saturated carbocycles. The summed E-state index contributed by atoms with van der Waals surface area (Å²) in [6.45, 7) is 17.9. The smallest absolute Gasteiger partial charge is 0.408 e. The Hall–Kier alpha value is -0.770. The molecule has 1 rings (SSSR count). The number of guanidine groups is 1. The first-order chi connectivity index (χ1) is 13.2. The van der Waals surface area contributed by atoms with Gasteiger partial charge in [0.2, 0.25) is 0 Å². The zero-order valence-electron chi connectivity index (χ0n) is 19.5. The molecule has 1 aliphatic rings. The average molecular weight is 527 g/mol. The van der Waals surface area contributed by atoms with Crippen LogP contribution in [0.15, 0.2) is 4.99 Å². The Bertz CT molecular complexity index is 497. The molecular formula is C21H43IN4O3. The quantitative estimate of drug-likeness (QED) is 0.282. The van der Waals surface area contributed by atoms with Crippen molar-refractivity contribution in [3.63, 3.8) is 0 Å². The summed E-state index contributed by atoms with van der Waals surface area (Å²) < 4.78 is 11.2. The van der Waals surface area contributed by atoms with Crippen molar-refractivity contribution in [2.24, 2.45) is 4.99 Å². The minimum Gasteiger partial charge on any atom is -0.444 e. The monoisotopic (exact) mass is 526 g/mol. The molecule has 7 nitrogen and oxygen atoms in total. The number of carbonyl (C=O) groups excluding carboxylic acids is 1. The van der Waals surface area contributed by atoms with E-state index in [4.69, 9.17) is 14.5 Å². The van der Waals surface area contributed by atoms with Crippen molar-refractivity contribution in [1.82, 2.24) is 15.5 Å². The molecule has 1 amide bonds. The Morgan fingerprint density at radius 1 is 1.10 bits per heavy atom. The SMILES string of the molecule is CCNC(=NCC(CC)(CC)NC(=O)OC(C)(C)C)N1CCC(OCC)CC1.I. The number of hydrogen-bond acceptors (Lipinski definition) is 4. The number of nitrogens with zero attached hydrogens (tertiary/aromatic N) is 2. The predicted molar refractivity (Wildman–Crippen MR) is 130 cm³/mol. The molecule has 1 fully saturated rings.